The number of imidazole rings is 1. The van der Waals surface area contributed by atoms with Crippen LogP contribution >= 0.6 is 11.6 Å². The number of ketones is 1. The summed E-state index contributed by atoms with van der Waals surface area (Å²) in [4.78, 5) is 15.9. The van der Waals surface area contributed by atoms with E-state index in [-0.39, 0.29) is 5.15 Å². The Bertz CT molecular complexity index is 537. The van der Waals surface area contributed by atoms with Crippen molar-refractivity contribution in [2.45, 2.75) is 13.2 Å². The molecule has 1 N–H and O–H groups in total. The van der Waals surface area contributed by atoms with E-state index in [1.165, 1.54) is 10.9 Å². The zero-order chi connectivity index (χ0) is 12.4. The minimum atomic E-state index is -1.34. The van der Waals surface area contributed by atoms with E-state index in [4.69, 9.17) is 11.6 Å². The van der Waals surface area contributed by atoms with Gasteiger partial charge in [0.25, 0.3) is 0 Å². The smallest absolute Gasteiger partial charge is 0.212 e. The number of halogens is 1. The maximum Gasteiger partial charge on any atom is 0.212 e. The first-order chi connectivity index (χ1) is 8.11. The molecule has 1 aromatic heterocycles. The molecule has 5 heteroatoms. The Morgan fingerprint density at radius 2 is 2.06 bits per heavy atom. The summed E-state index contributed by atoms with van der Waals surface area (Å²) in [5, 5.41) is 10.2. The van der Waals surface area contributed by atoms with Gasteiger partial charge in [0, 0.05) is 5.56 Å². The van der Waals surface area contributed by atoms with E-state index < -0.39 is 12.0 Å². The van der Waals surface area contributed by atoms with Gasteiger partial charge in [-0.25, -0.2) is 4.98 Å². The number of aryl methyl sites for hydroxylation is 1. The number of carbonyl (C=O) groups is 1. The van der Waals surface area contributed by atoms with Crippen LogP contribution in [0.1, 0.15) is 22.3 Å². The lowest BCUT2D eigenvalue weighted by Crippen LogP contribution is -2.18. The molecule has 0 bridgehead atoms. The fourth-order valence-electron chi connectivity index (χ4n) is 1.49. The molecular formula is C12H11ClN2O2. The number of carbonyl (C=O) groups excluding carboxylic acids is 1. The van der Waals surface area contributed by atoms with Crippen LogP contribution in [0.5, 0.6) is 0 Å². The minimum absolute atomic E-state index is 0.266. The van der Waals surface area contributed by atoms with Gasteiger partial charge in [-0.1, -0.05) is 41.9 Å². The summed E-state index contributed by atoms with van der Waals surface area (Å²) in [6.45, 7) is 1.71. The van der Waals surface area contributed by atoms with Crippen LogP contribution in [0.3, 0.4) is 0 Å². The Hall–Kier alpha value is -1.65. The van der Waals surface area contributed by atoms with Crippen molar-refractivity contribution in [3.63, 3.8) is 0 Å². The predicted molar refractivity (Wildman–Crippen MR) is 64.0 cm³/mol. The Kier molecular flexibility index (Phi) is 3.26. The van der Waals surface area contributed by atoms with Crippen LogP contribution in [0.2, 0.25) is 5.15 Å². The van der Waals surface area contributed by atoms with E-state index in [9.17, 15) is 9.90 Å². The second-order valence-electron chi connectivity index (χ2n) is 3.63. The molecule has 2 rings (SSSR count). The summed E-state index contributed by atoms with van der Waals surface area (Å²) in [6.07, 6.45) is 0.00880. The average molecular weight is 251 g/mol. The first-order valence-corrected chi connectivity index (χ1v) is 5.45. The van der Waals surface area contributed by atoms with Gasteiger partial charge >= 0.3 is 0 Å². The van der Waals surface area contributed by atoms with Crippen molar-refractivity contribution in [3.8, 4) is 0 Å². The molecule has 1 aromatic carbocycles. The molecule has 17 heavy (non-hydrogen) atoms. The summed E-state index contributed by atoms with van der Waals surface area (Å²) >= 11 is 5.92. The van der Waals surface area contributed by atoms with Gasteiger partial charge < -0.3 is 5.11 Å². The van der Waals surface area contributed by atoms with Crippen molar-refractivity contribution in [2.75, 3.05) is 0 Å². The molecule has 0 saturated heterocycles. The molecule has 1 unspecified atom stereocenters. The van der Waals surface area contributed by atoms with Crippen molar-refractivity contribution < 1.29 is 9.90 Å². The number of hydrogen-bond acceptors (Lipinski definition) is 3. The van der Waals surface area contributed by atoms with Gasteiger partial charge in [0.15, 0.2) is 6.23 Å². The molecule has 0 saturated carbocycles. The molecule has 0 amide bonds. The van der Waals surface area contributed by atoms with Crippen molar-refractivity contribution in [3.05, 3.63) is 53.1 Å². The van der Waals surface area contributed by atoms with Gasteiger partial charge in [0.05, 0.1) is 12.0 Å². The first kappa shape index (κ1) is 11.8. The van der Waals surface area contributed by atoms with Crippen molar-refractivity contribution in [2.24, 2.45) is 0 Å². The lowest BCUT2D eigenvalue weighted by molar-refractivity contribution is 0.0575. The summed E-state index contributed by atoms with van der Waals surface area (Å²) in [7, 11) is 0. The number of rotatable bonds is 3. The van der Waals surface area contributed by atoms with Gasteiger partial charge in [0.2, 0.25) is 5.78 Å². The van der Waals surface area contributed by atoms with Crippen LogP contribution in [-0.4, -0.2) is 20.4 Å². The highest BCUT2D eigenvalue weighted by molar-refractivity contribution is 6.30. The minimum Gasteiger partial charge on any atom is -0.366 e. The van der Waals surface area contributed by atoms with Gasteiger partial charge in [0.1, 0.15) is 5.15 Å². The second-order valence-corrected chi connectivity index (χ2v) is 3.99. The zero-order valence-electron chi connectivity index (χ0n) is 9.17. The predicted octanol–water partition coefficient (Wildman–Crippen LogP) is 2.22. The van der Waals surface area contributed by atoms with E-state index in [1.807, 2.05) is 0 Å². The van der Waals surface area contributed by atoms with Crippen molar-refractivity contribution >= 4 is 17.4 Å². The van der Waals surface area contributed by atoms with Crippen LogP contribution in [0.4, 0.5) is 0 Å². The number of aromatic nitrogens is 2. The monoisotopic (exact) mass is 250 g/mol. The molecule has 0 aliphatic carbocycles. The molecule has 0 fully saturated rings. The number of hydrogen-bond donors (Lipinski definition) is 1. The van der Waals surface area contributed by atoms with Gasteiger partial charge in [-0.15, -0.1) is 0 Å². The third kappa shape index (κ3) is 2.23. The summed E-state index contributed by atoms with van der Waals surface area (Å²) < 4.78 is 1.24. The van der Waals surface area contributed by atoms with Crippen LogP contribution < -0.4 is 0 Å². The number of aliphatic hydroxyl groups is 1. The van der Waals surface area contributed by atoms with Gasteiger partial charge in [-0.2, -0.15) is 0 Å². The lowest BCUT2D eigenvalue weighted by atomic mass is 10.1. The van der Waals surface area contributed by atoms with Gasteiger partial charge in [-0.05, 0) is 6.92 Å². The molecule has 4 nitrogen and oxygen atoms in total. The summed E-state index contributed by atoms with van der Waals surface area (Å²) in [6, 6.07) is 8.56. The van der Waals surface area contributed by atoms with Crippen LogP contribution in [0, 0.1) is 6.92 Å². The fourth-order valence-corrected chi connectivity index (χ4v) is 1.67. The third-order valence-corrected chi connectivity index (χ3v) is 2.93. The highest BCUT2D eigenvalue weighted by atomic mass is 35.5. The molecule has 0 aliphatic heterocycles. The Morgan fingerprint density at radius 3 is 2.59 bits per heavy atom. The average Bonchev–Trinajstić information content (AvgIpc) is 2.69. The van der Waals surface area contributed by atoms with Crippen molar-refractivity contribution in [1.82, 2.24) is 9.55 Å². The Labute approximate surface area is 103 Å². The quantitative estimate of drug-likeness (QED) is 0.850. The molecule has 0 spiro atoms. The van der Waals surface area contributed by atoms with Crippen LogP contribution in [0.25, 0.3) is 0 Å². The molecule has 2 aromatic rings. The lowest BCUT2D eigenvalue weighted by Gasteiger charge is -2.11. The molecule has 0 aliphatic rings. The summed E-state index contributed by atoms with van der Waals surface area (Å²) in [5.41, 5.74) is 1.01. The topological polar surface area (TPSA) is 55.1 Å². The first-order valence-electron chi connectivity index (χ1n) is 5.07. The molecule has 1 heterocycles. The maximum absolute atomic E-state index is 11.9. The summed E-state index contributed by atoms with van der Waals surface area (Å²) in [5.74, 6) is -0.412. The number of Topliss-reactive ketones (excluding diaryl/α,β-unsaturated/α-hetero) is 1. The maximum atomic E-state index is 11.9. The fraction of sp³-hybridized carbons (Fsp3) is 0.167. The highest BCUT2D eigenvalue weighted by Crippen LogP contribution is 2.20. The van der Waals surface area contributed by atoms with Gasteiger partial charge in [-0.3, -0.25) is 9.36 Å². The third-order valence-electron chi connectivity index (χ3n) is 2.46. The van der Waals surface area contributed by atoms with E-state index in [1.54, 1.807) is 37.3 Å². The number of benzene rings is 1. The van der Waals surface area contributed by atoms with E-state index in [0.29, 0.717) is 11.3 Å². The van der Waals surface area contributed by atoms with E-state index >= 15 is 0 Å². The highest BCUT2D eigenvalue weighted by Gasteiger charge is 2.21. The largest absolute Gasteiger partial charge is 0.366 e. The Balaban J connectivity index is 2.30. The standard InChI is InChI=1S/C12H11ClN2O2/c1-8-11(13)15(7-14-8)12(17)10(16)9-5-3-2-4-6-9/h2-7,12,17H,1H3. The number of aliphatic hydroxyl groups excluding tert-OH is 1. The molecular weight excluding hydrogens is 240 g/mol. The van der Waals surface area contributed by atoms with E-state index in [0.717, 1.165) is 0 Å². The second kappa shape index (κ2) is 4.69. The Morgan fingerprint density at radius 1 is 1.41 bits per heavy atom. The SMILES string of the molecule is Cc1ncn(C(O)C(=O)c2ccccc2)c1Cl. The van der Waals surface area contributed by atoms with E-state index in [2.05, 4.69) is 4.98 Å². The molecule has 0 radical (unpaired) electrons. The molecule has 88 valence electrons. The zero-order valence-corrected chi connectivity index (χ0v) is 9.93. The number of nitrogens with zero attached hydrogens (tertiary/aromatic N) is 2. The normalized spacial score (nSPS) is 12.4. The van der Waals surface area contributed by atoms with Crippen molar-refractivity contribution in [1.29, 1.82) is 0 Å². The van der Waals surface area contributed by atoms with Crippen LogP contribution in [-0.2, 0) is 0 Å². The van der Waals surface area contributed by atoms with Crippen LogP contribution in [0.15, 0.2) is 36.7 Å². The molecule has 1 atom stereocenters.